The lowest BCUT2D eigenvalue weighted by atomic mass is 9.47. The lowest BCUT2D eigenvalue weighted by molar-refractivity contribution is -0.147. The largest absolute Gasteiger partial charge is 0.369 e. The molecule has 5 aliphatic carbocycles. The maximum Gasteiger partial charge on any atom is 0.244 e. The fourth-order valence-corrected chi connectivity index (χ4v) is 8.22. The molecule has 2 amide bonds. The maximum absolute atomic E-state index is 14.4. The van der Waals surface area contributed by atoms with Crippen molar-refractivity contribution in [1.29, 1.82) is 0 Å². The Morgan fingerprint density at radius 3 is 2.34 bits per heavy atom. The van der Waals surface area contributed by atoms with Crippen LogP contribution in [0.1, 0.15) is 50.5 Å². The van der Waals surface area contributed by atoms with Gasteiger partial charge in [-0.1, -0.05) is 11.6 Å². The molecule has 0 heterocycles. The minimum Gasteiger partial charge on any atom is -0.369 e. The van der Waals surface area contributed by atoms with Crippen LogP contribution in [0.4, 0.5) is 4.39 Å². The second-order valence-corrected chi connectivity index (χ2v) is 12.4. The van der Waals surface area contributed by atoms with Crippen molar-refractivity contribution in [3.05, 3.63) is 28.5 Å². The second kappa shape index (κ2) is 7.14. The van der Waals surface area contributed by atoms with Crippen LogP contribution < -0.4 is 15.8 Å². The molecule has 2 unspecified atom stereocenters. The second-order valence-electron chi connectivity index (χ2n) is 10.3. The highest BCUT2D eigenvalue weighted by atomic mass is 35.5. The minimum absolute atomic E-state index is 0.0944. The summed E-state index contributed by atoms with van der Waals surface area (Å²) >= 11 is 5.88. The summed E-state index contributed by atoms with van der Waals surface area (Å²) < 4.78 is 42.6. The van der Waals surface area contributed by atoms with Crippen molar-refractivity contribution in [1.82, 2.24) is 10.0 Å². The first-order valence-electron chi connectivity index (χ1n) is 11.1. The van der Waals surface area contributed by atoms with E-state index in [0.717, 1.165) is 25.3 Å². The van der Waals surface area contributed by atoms with Crippen molar-refractivity contribution in [2.45, 2.75) is 68.3 Å². The highest BCUT2D eigenvalue weighted by Gasteiger charge is 2.60. The van der Waals surface area contributed by atoms with Crippen LogP contribution in [0.25, 0.3) is 0 Å². The zero-order valence-electron chi connectivity index (χ0n) is 17.8. The van der Waals surface area contributed by atoms with Gasteiger partial charge in [-0.2, -0.15) is 4.72 Å². The summed E-state index contributed by atoms with van der Waals surface area (Å²) in [7, 11) is -4.26. The van der Waals surface area contributed by atoms with Crippen molar-refractivity contribution in [3.63, 3.8) is 0 Å². The summed E-state index contributed by atoms with van der Waals surface area (Å²) in [5.41, 5.74) is 4.44. The van der Waals surface area contributed by atoms with E-state index in [1.54, 1.807) is 6.92 Å². The number of sulfonamides is 1. The monoisotopic (exact) mass is 483 g/mol. The Morgan fingerprint density at radius 2 is 1.78 bits per heavy atom. The number of nitrogens with one attached hydrogen (secondary N) is 2. The summed E-state index contributed by atoms with van der Waals surface area (Å²) in [5, 5.41) is 3.23. The van der Waals surface area contributed by atoms with E-state index in [2.05, 4.69) is 10.0 Å². The molecule has 5 aliphatic rings. The number of carbonyl (C=O) groups excluding carboxylic acids is 2. The number of benzene rings is 1. The molecule has 6 rings (SSSR count). The zero-order chi connectivity index (χ0) is 23.1. The van der Waals surface area contributed by atoms with Crippen molar-refractivity contribution >= 4 is 33.4 Å². The van der Waals surface area contributed by atoms with Crippen LogP contribution in [0.2, 0.25) is 5.02 Å². The van der Waals surface area contributed by atoms with Gasteiger partial charge in [0.15, 0.2) is 0 Å². The summed E-state index contributed by atoms with van der Waals surface area (Å²) in [6.07, 6.45) is 4.79. The Bertz CT molecular complexity index is 1100. The molecular formula is C22H27ClFN3O4S. The number of hydrogen-bond acceptors (Lipinski definition) is 4. The van der Waals surface area contributed by atoms with E-state index in [4.69, 9.17) is 17.3 Å². The molecule has 32 heavy (non-hydrogen) atoms. The fourth-order valence-electron chi connectivity index (χ4n) is 6.50. The molecule has 4 N–H and O–H groups in total. The van der Waals surface area contributed by atoms with E-state index in [-0.39, 0.29) is 34.7 Å². The van der Waals surface area contributed by atoms with Crippen LogP contribution in [0.15, 0.2) is 17.0 Å². The average molecular weight is 484 g/mol. The molecular weight excluding hydrogens is 457 g/mol. The van der Waals surface area contributed by atoms with Crippen molar-refractivity contribution in [2.75, 3.05) is 0 Å². The molecule has 0 radical (unpaired) electrons. The molecule has 5 fully saturated rings. The third-order valence-corrected chi connectivity index (χ3v) is 10.1. The Morgan fingerprint density at radius 1 is 1.16 bits per heavy atom. The number of halogens is 2. The van der Waals surface area contributed by atoms with Gasteiger partial charge in [0, 0.05) is 16.5 Å². The van der Waals surface area contributed by atoms with E-state index >= 15 is 0 Å². The number of rotatable bonds is 6. The van der Waals surface area contributed by atoms with Crippen molar-refractivity contribution in [2.24, 2.45) is 28.9 Å². The van der Waals surface area contributed by atoms with Crippen LogP contribution in [0.3, 0.4) is 0 Å². The first kappa shape index (κ1) is 22.1. The van der Waals surface area contributed by atoms with E-state index in [9.17, 15) is 22.4 Å². The summed E-state index contributed by atoms with van der Waals surface area (Å²) in [4.78, 5) is 24.8. The van der Waals surface area contributed by atoms with Crippen LogP contribution in [0, 0.1) is 35.9 Å². The molecule has 0 spiro atoms. The van der Waals surface area contributed by atoms with Gasteiger partial charge >= 0.3 is 0 Å². The molecule has 2 atom stereocenters. The van der Waals surface area contributed by atoms with E-state index in [1.165, 1.54) is 6.07 Å². The van der Waals surface area contributed by atoms with Gasteiger partial charge in [-0.15, -0.1) is 0 Å². The molecule has 174 valence electrons. The SMILES string of the molecule is Cc1cc(S(=O)(=O)NC2(C(=O)NC3C4CC5CC3CC(C(N)=O)(C5)C4)CC2)c(F)cc1Cl. The quantitative estimate of drug-likeness (QED) is 0.575. The van der Waals surface area contributed by atoms with Gasteiger partial charge in [-0.05, 0) is 87.3 Å². The molecule has 4 bridgehead atoms. The number of carbonyl (C=O) groups is 2. The predicted molar refractivity (Wildman–Crippen MR) is 116 cm³/mol. The summed E-state index contributed by atoms with van der Waals surface area (Å²) in [6, 6.07) is 2.05. The molecule has 1 aromatic carbocycles. The smallest absolute Gasteiger partial charge is 0.244 e. The molecule has 7 nitrogen and oxygen atoms in total. The highest BCUT2D eigenvalue weighted by molar-refractivity contribution is 7.89. The lowest BCUT2D eigenvalue weighted by Crippen LogP contribution is -2.64. The average Bonchev–Trinajstić information content (AvgIpc) is 3.46. The van der Waals surface area contributed by atoms with Crippen LogP contribution in [-0.2, 0) is 19.6 Å². The van der Waals surface area contributed by atoms with Crippen LogP contribution >= 0.6 is 11.6 Å². The minimum atomic E-state index is -4.26. The van der Waals surface area contributed by atoms with E-state index < -0.39 is 31.7 Å². The van der Waals surface area contributed by atoms with Crippen molar-refractivity contribution in [3.8, 4) is 0 Å². The zero-order valence-corrected chi connectivity index (χ0v) is 19.4. The van der Waals surface area contributed by atoms with Gasteiger partial charge in [-0.25, -0.2) is 12.8 Å². The number of primary amides is 1. The van der Waals surface area contributed by atoms with Gasteiger partial charge in [0.1, 0.15) is 16.3 Å². The molecule has 1 aromatic rings. The molecule has 5 saturated carbocycles. The molecule has 0 aromatic heterocycles. The van der Waals surface area contributed by atoms with Gasteiger partial charge in [-0.3, -0.25) is 9.59 Å². The van der Waals surface area contributed by atoms with Gasteiger partial charge in [0.2, 0.25) is 21.8 Å². The first-order chi connectivity index (χ1) is 14.9. The predicted octanol–water partition coefficient (Wildman–Crippen LogP) is 2.39. The Hall–Kier alpha value is -1.71. The Kier molecular flexibility index (Phi) is 4.93. The standard InChI is InChI=1S/C22H27ClFN3O4S/c1-11-4-17(16(24)7-15(11)23)32(30,31)27-22(2-3-22)20(29)26-18-13-5-12-6-14(18)10-21(8-12,9-13)19(25)28/h4,7,12-14,18,27H,2-3,5-6,8-10H2,1H3,(H2,25,28)(H,26,29). The van der Waals surface area contributed by atoms with Crippen LogP contribution in [-0.4, -0.2) is 31.8 Å². The van der Waals surface area contributed by atoms with E-state index in [0.29, 0.717) is 37.2 Å². The summed E-state index contributed by atoms with van der Waals surface area (Å²) in [6.45, 7) is 1.59. The van der Waals surface area contributed by atoms with Gasteiger partial charge in [0.25, 0.3) is 0 Å². The lowest BCUT2D eigenvalue weighted by Gasteiger charge is -2.59. The van der Waals surface area contributed by atoms with E-state index in [1.807, 2.05) is 0 Å². The Balaban J connectivity index is 1.33. The van der Waals surface area contributed by atoms with Gasteiger partial charge in [0.05, 0.1) is 0 Å². The maximum atomic E-state index is 14.4. The van der Waals surface area contributed by atoms with Gasteiger partial charge < -0.3 is 11.1 Å². The fraction of sp³-hybridized carbons (Fsp3) is 0.636. The van der Waals surface area contributed by atoms with Crippen molar-refractivity contribution < 1.29 is 22.4 Å². The third-order valence-electron chi connectivity index (χ3n) is 8.11. The van der Waals surface area contributed by atoms with Crippen LogP contribution in [0.5, 0.6) is 0 Å². The molecule has 10 heteroatoms. The summed E-state index contributed by atoms with van der Waals surface area (Å²) in [5.74, 6) is -0.783. The first-order valence-corrected chi connectivity index (χ1v) is 12.9. The third kappa shape index (κ3) is 3.44. The molecule has 0 aliphatic heterocycles. The number of amides is 2. The number of aryl methyl sites for hydroxylation is 1. The normalized spacial score (nSPS) is 34.3. The topological polar surface area (TPSA) is 118 Å². The molecule has 0 saturated heterocycles. The number of hydrogen-bond donors (Lipinski definition) is 3. The number of nitrogens with two attached hydrogens (primary N) is 1. The Labute approximate surface area is 191 Å². The highest BCUT2D eigenvalue weighted by Crippen LogP contribution is 2.60.